The van der Waals surface area contributed by atoms with Crippen LogP contribution < -0.4 is 5.32 Å². The first-order valence-electron chi connectivity index (χ1n) is 9.02. The van der Waals surface area contributed by atoms with Crippen LogP contribution >= 0.6 is 0 Å². The van der Waals surface area contributed by atoms with Gasteiger partial charge in [-0.1, -0.05) is 12.1 Å². The Bertz CT molecular complexity index is 747. The van der Waals surface area contributed by atoms with Crippen molar-refractivity contribution in [1.29, 1.82) is 0 Å². The fourth-order valence-corrected chi connectivity index (χ4v) is 3.16. The molecule has 1 amide bonds. The lowest BCUT2D eigenvalue weighted by Crippen LogP contribution is -2.39. The maximum absolute atomic E-state index is 13.9. The molecule has 6 nitrogen and oxygen atoms in total. The number of hydrogen-bond acceptors (Lipinski definition) is 4. The summed E-state index contributed by atoms with van der Waals surface area (Å²) in [6, 6.07) is 6.31. The minimum atomic E-state index is -0.329. The van der Waals surface area contributed by atoms with Gasteiger partial charge in [0.15, 0.2) is 0 Å². The van der Waals surface area contributed by atoms with Crippen molar-refractivity contribution in [2.45, 2.75) is 19.4 Å². The first-order chi connectivity index (χ1) is 12.5. The van der Waals surface area contributed by atoms with Gasteiger partial charge in [-0.05, 0) is 45.6 Å². The molecule has 0 bridgehead atoms. The molecule has 0 radical (unpaired) electrons. The first kappa shape index (κ1) is 18.5. The molecule has 2 aromatic rings. The highest BCUT2D eigenvalue weighted by Gasteiger charge is 2.17. The van der Waals surface area contributed by atoms with E-state index in [1.807, 2.05) is 6.92 Å². The molecule has 7 heteroatoms. The molecule has 1 atom stereocenters. The van der Waals surface area contributed by atoms with Crippen molar-refractivity contribution in [1.82, 2.24) is 24.9 Å². The maximum Gasteiger partial charge on any atom is 0.234 e. The second kappa shape index (κ2) is 8.42. The first-order valence-corrected chi connectivity index (χ1v) is 9.02. The number of carbonyl (C=O) groups excluding carboxylic acids is 1. The zero-order valence-electron chi connectivity index (χ0n) is 15.4. The van der Waals surface area contributed by atoms with Crippen molar-refractivity contribution < 1.29 is 9.18 Å². The fraction of sp³-hybridized carbons (Fsp3) is 0.474. The van der Waals surface area contributed by atoms with Gasteiger partial charge in [0.1, 0.15) is 11.5 Å². The lowest BCUT2D eigenvalue weighted by molar-refractivity contribution is -0.122. The number of rotatable bonds is 5. The Morgan fingerprint density at radius 3 is 2.88 bits per heavy atom. The SMILES string of the molecule is C[C@@H](NC(=O)CN1CCCN(C)CC1)c1cnn(-c2ccccc2F)c1. The number of aromatic nitrogens is 2. The summed E-state index contributed by atoms with van der Waals surface area (Å²) in [5.74, 6) is -0.328. The van der Waals surface area contributed by atoms with Crippen LogP contribution in [0.25, 0.3) is 5.69 Å². The number of amides is 1. The summed E-state index contributed by atoms with van der Waals surface area (Å²) in [6.07, 6.45) is 4.50. The van der Waals surface area contributed by atoms with Gasteiger partial charge in [-0.2, -0.15) is 5.10 Å². The lowest BCUT2D eigenvalue weighted by Gasteiger charge is -2.21. The highest BCUT2D eigenvalue weighted by atomic mass is 19.1. The van der Waals surface area contributed by atoms with E-state index in [0.717, 1.165) is 38.2 Å². The molecule has 1 fully saturated rings. The average molecular weight is 359 g/mol. The second-order valence-electron chi connectivity index (χ2n) is 6.89. The third-order valence-electron chi connectivity index (χ3n) is 4.76. The molecule has 1 saturated heterocycles. The van der Waals surface area contributed by atoms with E-state index in [1.54, 1.807) is 30.6 Å². The number of nitrogens with zero attached hydrogens (tertiary/aromatic N) is 4. The van der Waals surface area contributed by atoms with Crippen LogP contribution in [0.2, 0.25) is 0 Å². The molecule has 1 aromatic carbocycles. The Morgan fingerprint density at radius 2 is 2.08 bits per heavy atom. The van der Waals surface area contributed by atoms with Crippen molar-refractivity contribution in [3.63, 3.8) is 0 Å². The number of para-hydroxylation sites is 1. The molecule has 0 aliphatic carbocycles. The van der Waals surface area contributed by atoms with Crippen LogP contribution in [0.1, 0.15) is 24.9 Å². The van der Waals surface area contributed by atoms with E-state index in [1.165, 1.54) is 10.7 Å². The van der Waals surface area contributed by atoms with Gasteiger partial charge in [-0.15, -0.1) is 0 Å². The predicted octanol–water partition coefficient (Wildman–Crippen LogP) is 1.83. The molecule has 2 heterocycles. The van der Waals surface area contributed by atoms with Crippen molar-refractivity contribution in [3.8, 4) is 5.69 Å². The Labute approximate surface area is 153 Å². The molecule has 1 N–H and O–H groups in total. The zero-order chi connectivity index (χ0) is 18.5. The number of hydrogen-bond donors (Lipinski definition) is 1. The van der Waals surface area contributed by atoms with Crippen LogP contribution in [-0.4, -0.2) is 65.3 Å². The molecular formula is C19H26FN5O. The topological polar surface area (TPSA) is 53.4 Å². The second-order valence-corrected chi connectivity index (χ2v) is 6.89. The Kier molecular flexibility index (Phi) is 6.00. The van der Waals surface area contributed by atoms with Gasteiger partial charge in [-0.25, -0.2) is 9.07 Å². The molecular weight excluding hydrogens is 333 g/mol. The molecule has 0 unspecified atom stereocenters. The molecule has 1 aliphatic rings. The van der Waals surface area contributed by atoms with E-state index in [-0.39, 0.29) is 17.8 Å². The highest BCUT2D eigenvalue weighted by Crippen LogP contribution is 2.16. The summed E-state index contributed by atoms with van der Waals surface area (Å²) < 4.78 is 15.4. The zero-order valence-corrected chi connectivity index (χ0v) is 15.4. The number of halogens is 1. The molecule has 3 rings (SSSR count). The third kappa shape index (κ3) is 4.68. The third-order valence-corrected chi connectivity index (χ3v) is 4.76. The summed E-state index contributed by atoms with van der Waals surface area (Å²) in [7, 11) is 2.11. The molecule has 26 heavy (non-hydrogen) atoms. The number of benzene rings is 1. The maximum atomic E-state index is 13.9. The van der Waals surface area contributed by atoms with E-state index >= 15 is 0 Å². The molecule has 140 valence electrons. The van der Waals surface area contributed by atoms with Gasteiger partial charge in [0, 0.05) is 24.8 Å². The van der Waals surface area contributed by atoms with Crippen molar-refractivity contribution in [2.24, 2.45) is 0 Å². The van der Waals surface area contributed by atoms with E-state index in [4.69, 9.17) is 0 Å². The van der Waals surface area contributed by atoms with E-state index < -0.39 is 0 Å². The van der Waals surface area contributed by atoms with Crippen LogP contribution in [0.5, 0.6) is 0 Å². The minimum absolute atomic E-state index is 0.000643. The van der Waals surface area contributed by atoms with E-state index in [2.05, 4.69) is 27.3 Å². The largest absolute Gasteiger partial charge is 0.348 e. The monoisotopic (exact) mass is 359 g/mol. The van der Waals surface area contributed by atoms with Crippen molar-refractivity contribution in [2.75, 3.05) is 39.8 Å². The van der Waals surface area contributed by atoms with E-state index in [9.17, 15) is 9.18 Å². The lowest BCUT2D eigenvalue weighted by atomic mass is 10.2. The van der Waals surface area contributed by atoms with Crippen LogP contribution in [0, 0.1) is 5.82 Å². The van der Waals surface area contributed by atoms with Crippen molar-refractivity contribution >= 4 is 5.91 Å². The van der Waals surface area contributed by atoms with Gasteiger partial charge in [0.25, 0.3) is 0 Å². The standard InChI is InChI=1S/C19H26FN5O/c1-15(22-19(26)14-24-9-5-8-23(2)10-11-24)16-12-21-25(13-16)18-7-4-3-6-17(18)20/h3-4,6-7,12-13,15H,5,8-11,14H2,1-2H3,(H,22,26)/t15-/m1/s1. The summed E-state index contributed by atoms with van der Waals surface area (Å²) >= 11 is 0. The highest BCUT2D eigenvalue weighted by molar-refractivity contribution is 5.78. The van der Waals surface area contributed by atoms with Crippen LogP contribution in [0.15, 0.2) is 36.7 Å². The van der Waals surface area contributed by atoms with Crippen LogP contribution in [0.4, 0.5) is 4.39 Å². The average Bonchev–Trinajstić information content (AvgIpc) is 3.01. The molecule has 0 spiro atoms. The summed E-state index contributed by atoms with van der Waals surface area (Å²) in [5, 5.41) is 7.23. The number of carbonyl (C=O) groups is 1. The predicted molar refractivity (Wildman–Crippen MR) is 98.6 cm³/mol. The van der Waals surface area contributed by atoms with Crippen LogP contribution in [-0.2, 0) is 4.79 Å². The Morgan fingerprint density at radius 1 is 1.27 bits per heavy atom. The normalized spacial score (nSPS) is 17.7. The van der Waals surface area contributed by atoms with E-state index in [0.29, 0.717) is 12.2 Å². The van der Waals surface area contributed by atoms with Crippen LogP contribution in [0.3, 0.4) is 0 Å². The number of nitrogens with one attached hydrogen (secondary N) is 1. The van der Waals surface area contributed by atoms with Gasteiger partial charge in [-0.3, -0.25) is 9.69 Å². The Balaban J connectivity index is 1.57. The van der Waals surface area contributed by atoms with Gasteiger partial charge in [0.2, 0.25) is 5.91 Å². The molecule has 0 saturated carbocycles. The van der Waals surface area contributed by atoms with Gasteiger partial charge in [0.05, 0.1) is 18.8 Å². The van der Waals surface area contributed by atoms with Gasteiger partial charge < -0.3 is 10.2 Å². The fourth-order valence-electron chi connectivity index (χ4n) is 3.16. The minimum Gasteiger partial charge on any atom is -0.348 e. The van der Waals surface area contributed by atoms with Crippen molar-refractivity contribution in [3.05, 3.63) is 48.0 Å². The molecule has 1 aromatic heterocycles. The smallest absolute Gasteiger partial charge is 0.234 e. The quantitative estimate of drug-likeness (QED) is 0.885. The summed E-state index contributed by atoms with van der Waals surface area (Å²) in [4.78, 5) is 16.8. The molecule has 1 aliphatic heterocycles. The van der Waals surface area contributed by atoms with Gasteiger partial charge >= 0.3 is 0 Å². The summed E-state index contributed by atoms with van der Waals surface area (Å²) in [6.45, 7) is 6.22. The summed E-state index contributed by atoms with van der Waals surface area (Å²) in [5.41, 5.74) is 1.24. The Hall–Kier alpha value is -2.25. The number of likely N-dealkylation sites (N-methyl/N-ethyl adjacent to an activating group) is 1.